The third-order valence-corrected chi connectivity index (χ3v) is 2.02. The fourth-order valence-corrected chi connectivity index (χ4v) is 1.24. The molecule has 94 valence electrons. The van der Waals surface area contributed by atoms with Gasteiger partial charge in [-0.3, -0.25) is 9.59 Å². The third-order valence-electron chi connectivity index (χ3n) is 2.02. The molecule has 1 aromatic heterocycles. The van der Waals surface area contributed by atoms with E-state index in [4.69, 9.17) is 0 Å². The molecule has 0 aromatic carbocycles. The Morgan fingerprint density at radius 1 is 1.53 bits per heavy atom. The van der Waals surface area contributed by atoms with Gasteiger partial charge in [0.2, 0.25) is 0 Å². The summed E-state index contributed by atoms with van der Waals surface area (Å²) in [5.41, 5.74) is 0.0780. The number of alkyl halides is 2. The molecule has 0 radical (unpaired) electrons. The number of hydrogen-bond donors (Lipinski definition) is 1. The number of amides is 1. The standard InChI is InChI=1S/C10H12F2N2O3/c1-17-9(15)5-13-10(16)7-3-2-4-14(7)6-8(11)12/h2-4,8H,5-6H2,1H3,(H,13,16). The molecular weight excluding hydrogens is 234 g/mol. The van der Waals surface area contributed by atoms with Crippen LogP contribution in [0.1, 0.15) is 10.5 Å². The highest BCUT2D eigenvalue weighted by atomic mass is 19.3. The summed E-state index contributed by atoms with van der Waals surface area (Å²) in [4.78, 5) is 22.3. The zero-order valence-electron chi connectivity index (χ0n) is 9.15. The number of aromatic nitrogens is 1. The van der Waals surface area contributed by atoms with Gasteiger partial charge in [0.1, 0.15) is 12.2 Å². The molecule has 0 aliphatic carbocycles. The van der Waals surface area contributed by atoms with Crippen LogP contribution in [0.5, 0.6) is 0 Å². The molecule has 0 saturated heterocycles. The Hall–Kier alpha value is -1.92. The molecule has 5 nitrogen and oxygen atoms in total. The Balaban J connectivity index is 2.62. The van der Waals surface area contributed by atoms with Crippen molar-refractivity contribution in [2.24, 2.45) is 0 Å². The number of halogens is 2. The number of methoxy groups -OCH3 is 1. The molecule has 0 saturated carbocycles. The number of nitrogens with one attached hydrogen (secondary N) is 1. The van der Waals surface area contributed by atoms with Gasteiger partial charge in [-0.1, -0.05) is 0 Å². The van der Waals surface area contributed by atoms with E-state index in [0.29, 0.717) is 0 Å². The minimum Gasteiger partial charge on any atom is -0.468 e. The summed E-state index contributed by atoms with van der Waals surface area (Å²) in [6.07, 6.45) is -1.17. The summed E-state index contributed by atoms with van der Waals surface area (Å²) >= 11 is 0. The van der Waals surface area contributed by atoms with E-state index >= 15 is 0 Å². The number of hydrogen-bond acceptors (Lipinski definition) is 3. The van der Waals surface area contributed by atoms with E-state index in [1.165, 1.54) is 25.4 Å². The van der Waals surface area contributed by atoms with Gasteiger partial charge in [0.25, 0.3) is 12.3 Å². The lowest BCUT2D eigenvalue weighted by Crippen LogP contribution is -2.31. The van der Waals surface area contributed by atoms with Crippen molar-refractivity contribution >= 4 is 11.9 Å². The molecule has 0 bridgehead atoms. The van der Waals surface area contributed by atoms with Gasteiger partial charge in [-0.2, -0.15) is 0 Å². The van der Waals surface area contributed by atoms with Crippen LogP contribution in [0.15, 0.2) is 18.3 Å². The first kappa shape index (κ1) is 13.1. The molecule has 17 heavy (non-hydrogen) atoms. The Morgan fingerprint density at radius 2 is 2.24 bits per heavy atom. The number of carbonyl (C=O) groups excluding carboxylic acids is 2. The van der Waals surface area contributed by atoms with Crippen molar-refractivity contribution in [3.05, 3.63) is 24.0 Å². The average molecular weight is 246 g/mol. The summed E-state index contributed by atoms with van der Waals surface area (Å²) in [5, 5.41) is 2.27. The van der Waals surface area contributed by atoms with E-state index in [9.17, 15) is 18.4 Å². The molecule has 1 aromatic rings. The highest BCUT2D eigenvalue weighted by Crippen LogP contribution is 2.06. The highest BCUT2D eigenvalue weighted by Gasteiger charge is 2.14. The lowest BCUT2D eigenvalue weighted by Gasteiger charge is -2.08. The van der Waals surface area contributed by atoms with Crippen LogP contribution >= 0.6 is 0 Å². The second kappa shape index (κ2) is 5.97. The van der Waals surface area contributed by atoms with Crippen LogP contribution in [-0.4, -0.2) is 36.5 Å². The lowest BCUT2D eigenvalue weighted by atomic mass is 10.4. The Morgan fingerprint density at radius 3 is 2.82 bits per heavy atom. The van der Waals surface area contributed by atoms with Crippen LogP contribution in [0.25, 0.3) is 0 Å². The van der Waals surface area contributed by atoms with Crippen LogP contribution in [0.2, 0.25) is 0 Å². The first-order valence-electron chi connectivity index (χ1n) is 4.83. The minimum atomic E-state index is -2.55. The molecule has 0 aliphatic heterocycles. The van der Waals surface area contributed by atoms with Crippen molar-refractivity contribution in [3.63, 3.8) is 0 Å². The van der Waals surface area contributed by atoms with E-state index < -0.39 is 24.8 Å². The monoisotopic (exact) mass is 246 g/mol. The molecule has 1 rings (SSSR count). The molecule has 0 aliphatic rings. The minimum absolute atomic E-state index is 0.0780. The van der Waals surface area contributed by atoms with Crippen molar-refractivity contribution in [1.82, 2.24) is 9.88 Å². The smallest absolute Gasteiger partial charge is 0.325 e. The molecule has 0 spiro atoms. The lowest BCUT2D eigenvalue weighted by molar-refractivity contribution is -0.139. The van der Waals surface area contributed by atoms with Crippen LogP contribution in [-0.2, 0) is 16.1 Å². The maximum Gasteiger partial charge on any atom is 0.325 e. The second-order valence-corrected chi connectivity index (χ2v) is 3.20. The van der Waals surface area contributed by atoms with Crippen molar-refractivity contribution in [2.75, 3.05) is 13.7 Å². The van der Waals surface area contributed by atoms with Gasteiger partial charge in [0.05, 0.1) is 13.7 Å². The largest absolute Gasteiger partial charge is 0.468 e. The zero-order valence-corrected chi connectivity index (χ0v) is 9.15. The Bertz CT molecular complexity index is 404. The third kappa shape index (κ3) is 3.86. The fourth-order valence-electron chi connectivity index (χ4n) is 1.24. The van der Waals surface area contributed by atoms with Gasteiger partial charge in [-0.25, -0.2) is 8.78 Å². The van der Waals surface area contributed by atoms with Gasteiger partial charge in [-0.15, -0.1) is 0 Å². The van der Waals surface area contributed by atoms with Crippen LogP contribution in [0.3, 0.4) is 0 Å². The predicted molar refractivity (Wildman–Crippen MR) is 54.8 cm³/mol. The topological polar surface area (TPSA) is 60.3 Å². The van der Waals surface area contributed by atoms with E-state index in [1.807, 2.05) is 0 Å². The molecule has 1 N–H and O–H groups in total. The molecular formula is C10H12F2N2O3. The van der Waals surface area contributed by atoms with E-state index in [1.54, 1.807) is 0 Å². The van der Waals surface area contributed by atoms with Gasteiger partial charge >= 0.3 is 5.97 Å². The first-order valence-corrected chi connectivity index (χ1v) is 4.83. The molecule has 1 heterocycles. The van der Waals surface area contributed by atoms with Crippen LogP contribution in [0.4, 0.5) is 8.78 Å². The first-order chi connectivity index (χ1) is 8.04. The Labute approximate surface area is 96.4 Å². The normalized spacial score (nSPS) is 10.4. The van der Waals surface area contributed by atoms with Gasteiger partial charge in [0, 0.05) is 6.20 Å². The summed E-state index contributed by atoms with van der Waals surface area (Å²) in [6, 6.07) is 2.88. The maximum atomic E-state index is 12.2. The summed E-state index contributed by atoms with van der Waals surface area (Å²) in [6.45, 7) is -0.858. The fraction of sp³-hybridized carbons (Fsp3) is 0.400. The van der Waals surface area contributed by atoms with Gasteiger partial charge < -0.3 is 14.6 Å². The van der Waals surface area contributed by atoms with E-state index in [2.05, 4.69) is 10.1 Å². The van der Waals surface area contributed by atoms with Gasteiger partial charge in [0.15, 0.2) is 0 Å². The van der Waals surface area contributed by atoms with Crippen molar-refractivity contribution in [3.8, 4) is 0 Å². The SMILES string of the molecule is COC(=O)CNC(=O)c1cccn1CC(F)F. The summed E-state index contributed by atoms with van der Waals surface area (Å²) in [7, 11) is 1.19. The molecule has 0 unspecified atom stereocenters. The van der Waals surface area contributed by atoms with Crippen LogP contribution in [0, 0.1) is 0 Å². The predicted octanol–water partition coefficient (Wildman–Crippen LogP) is 0.656. The molecule has 7 heteroatoms. The second-order valence-electron chi connectivity index (χ2n) is 3.20. The molecule has 0 atom stereocenters. The zero-order chi connectivity index (χ0) is 12.8. The number of esters is 1. The summed E-state index contributed by atoms with van der Waals surface area (Å²) in [5.74, 6) is -1.20. The number of nitrogens with zero attached hydrogens (tertiary/aromatic N) is 1. The molecule has 1 amide bonds. The number of rotatable bonds is 5. The van der Waals surface area contributed by atoms with E-state index in [-0.39, 0.29) is 12.2 Å². The highest BCUT2D eigenvalue weighted by molar-refractivity contribution is 5.94. The van der Waals surface area contributed by atoms with Crippen LogP contribution < -0.4 is 5.32 Å². The van der Waals surface area contributed by atoms with Crippen molar-refractivity contribution in [2.45, 2.75) is 13.0 Å². The van der Waals surface area contributed by atoms with Gasteiger partial charge in [-0.05, 0) is 12.1 Å². The summed E-state index contributed by atoms with van der Waals surface area (Å²) < 4.78 is 29.8. The maximum absolute atomic E-state index is 12.2. The number of ether oxygens (including phenoxy) is 1. The number of carbonyl (C=O) groups is 2. The van der Waals surface area contributed by atoms with Crippen molar-refractivity contribution in [1.29, 1.82) is 0 Å². The average Bonchev–Trinajstić information content (AvgIpc) is 2.72. The van der Waals surface area contributed by atoms with Crippen molar-refractivity contribution < 1.29 is 23.1 Å². The quantitative estimate of drug-likeness (QED) is 0.776. The molecule has 0 fully saturated rings. The Kier molecular flexibility index (Phi) is 4.62. The van der Waals surface area contributed by atoms with E-state index in [0.717, 1.165) is 4.57 Å².